The molecule has 0 saturated carbocycles. The van der Waals surface area contributed by atoms with Crippen LogP contribution in [0.25, 0.3) is 10.2 Å². The molecular weight excluding hydrogens is 260 g/mol. The van der Waals surface area contributed by atoms with Crippen LogP contribution >= 0.6 is 23.1 Å². The molecule has 0 fully saturated rings. The highest BCUT2D eigenvalue weighted by atomic mass is 32.2. The van der Waals surface area contributed by atoms with Gasteiger partial charge in [-0.2, -0.15) is 0 Å². The average Bonchev–Trinajstić information content (AvgIpc) is 2.69. The van der Waals surface area contributed by atoms with Crippen LogP contribution in [0.1, 0.15) is 27.2 Å². The number of aromatic nitrogens is 1. The Bertz CT molecular complexity index is 519. The highest BCUT2D eigenvalue weighted by Gasteiger charge is 2.07. The van der Waals surface area contributed by atoms with Gasteiger partial charge in [-0.15, -0.1) is 11.3 Å². The Morgan fingerprint density at radius 1 is 1.33 bits per heavy atom. The lowest BCUT2D eigenvalue weighted by atomic mass is 10.1. The van der Waals surface area contributed by atoms with Gasteiger partial charge >= 0.3 is 0 Å². The third-order valence-corrected chi connectivity index (χ3v) is 4.78. The first-order chi connectivity index (χ1) is 8.58. The Morgan fingerprint density at radius 3 is 2.78 bits per heavy atom. The van der Waals surface area contributed by atoms with Crippen molar-refractivity contribution in [2.75, 3.05) is 11.6 Å². The van der Waals surface area contributed by atoms with Gasteiger partial charge in [0.05, 0.1) is 10.2 Å². The minimum atomic E-state index is 0.510. The van der Waals surface area contributed by atoms with Crippen LogP contribution in [0.15, 0.2) is 22.5 Å². The summed E-state index contributed by atoms with van der Waals surface area (Å²) in [5.74, 6) is 0.725. The van der Waals surface area contributed by atoms with Crippen molar-refractivity contribution in [1.29, 1.82) is 0 Å². The molecule has 4 heteroatoms. The van der Waals surface area contributed by atoms with Crippen molar-refractivity contribution in [2.24, 2.45) is 5.92 Å². The number of anilines is 1. The fraction of sp³-hybridized carbons (Fsp3) is 0.500. The van der Waals surface area contributed by atoms with Crippen LogP contribution in [0.2, 0.25) is 0 Å². The second kappa shape index (κ2) is 5.93. The van der Waals surface area contributed by atoms with Crippen LogP contribution in [0.3, 0.4) is 0 Å². The first-order valence-electron chi connectivity index (χ1n) is 6.29. The van der Waals surface area contributed by atoms with Crippen molar-refractivity contribution < 1.29 is 0 Å². The smallest absolute Gasteiger partial charge is 0.150 e. The maximum atomic E-state index is 4.55. The van der Waals surface area contributed by atoms with Gasteiger partial charge in [0.2, 0.25) is 0 Å². The van der Waals surface area contributed by atoms with Crippen molar-refractivity contribution in [1.82, 2.24) is 4.98 Å². The molecule has 0 bridgehead atoms. The van der Waals surface area contributed by atoms with Gasteiger partial charge in [0, 0.05) is 11.7 Å². The molecule has 1 atom stereocenters. The molecule has 1 unspecified atom stereocenters. The van der Waals surface area contributed by atoms with Crippen LogP contribution in [-0.4, -0.2) is 17.3 Å². The normalized spacial score (nSPS) is 13.2. The molecule has 2 rings (SSSR count). The summed E-state index contributed by atoms with van der Waals surface area (Å²) in [6, 6.07) is 6.96. The van der Waals surface area contributed by atoms with E-state index in [1.54, 1.807) is 23.1 Å². The van der Waals surface area contributed by atoms with E-state index in [0.29, 0.717) is 6.04 Å². The maximum Gasteiger partial charge on any atom is 0.150 e. The molecule has 1 aromatic heterocycles. The summed E-state index contributed by atoms with van der Waals surface area (Å²) in [5, 5.41) is 3.56. The molecule has 0 amide bonds. The molecule has 2 aromatic rings. The fourth-order valence-electron chi connectivity index (χ4n) is 2.13. The first kappa shape index (κ1) is 13.7. The number of hydrogen-bond donors (Lipinski definition) is 1. The number of thioether (sulfide) groups is 1. The number of hydrogen-bond acceptors (Lipinski definition) is 4. The van der Waals surface area contributed by atoms with Gasteiger partial charge < -0.3 is 5.32 Å². The third kappa shape index (κ3) is 3.39. The molecule has 2 nitrogen and oxygen atoms in total. The van der Waals surface area contributed by atoms with Crippen molar-refractivity contribution in [3.05, 3.63) is 18.2 Å². The summed E-state index contributed by atoms with van der Waals surface area (Å²) >= 11 is 3.47. The molecule has 0 radical (unpaired) electrons. The topological polar surface area (TPSA) is 24.9 Å². The summed E-state index contributed by atoms with van der Waals surface area (Å²) in [5.41, 5.74) is 2.30. The number of nitrogens with one attached hydrogen (secondary N) is 1. The van der Waals surface area contributed by atoms with Crippen molar-refractivity contribution in [3.8, 4) is 0 Å². The predicted molar refractivity (Wildman–Crippen MR) is 83.9 cm³/mol. The molecule has 1 aromatic carbocycles. The van der Waals surface area contributed by atoms with E-state index in [4.69, 9.17) is 0 Å². The van der Waals surface area contributed by atoms with Crippen LogP contribution in [-0.2, 0) is 0 Å². The summed E-state index contributed by atoms with van der Waals surface area (Å²) < 4.78 is 2.40. The minimum Gasteiger partial charge on any atom is -0.383 e. The van der Waals surface area contributed by atoms with Crippen molar-refractivity contribution >= 4 is 39.0 Å². The lowest BCUT2D eigenvalue weighted by Gasteiger charge is -2.17. The van der Waals surface area contributed by atoms with Crippen LogP contribution < -0.4 is 5.32 Å². The largest absolute Gasteiger partial charge is 0.383 e. The molecule has 0 spiro atoms. The Hall–Kier alpha value is -0.740. The molecular formula is C14H20N2S2. The maximum absolute atomic E-state index is 4.55. The van der Waals surface area contributed by atoms with E-state index in [0.717, 1.165) is 15.8 Å². The SMILES string of the molecule is CSc1nc2ccc(NC(C)CC(C)C)cc2s1. The molecule has 0 saturated heterocycles. The molecule has 1 N–H and O–H groups in total. The third-order valence-electron chi connectivity index (χ3n) is 2.78. The zero-order valence-electron chi connectivity index (χ0n) is 11.4. The number of benzene rings is 1. The first-order valence-corrected chi connectivity index (χ1v) is 8.33. The quantitative estimate of drug-likeness (QED) is 0.791. The van der Waals surface area contributed by atoms with Gasteiger partial charge in [0.1, 0.15) is 0 Å². The Morgan fingerprint density at radius 2 is 2.11 bits per heavy atom. The van der Waals surface area contributed by atoms with E-state index < -0.39 is 0 Å². The lowest BCUT2D eigenvalue weighted by molar-refractivity contribution is 0.540. The van der Waals surface area contributed by atoms with Gasteiger partial charge in [-0.1, -0.05) is 25.6 Å². The van der Waals surface area contributed by atoms with E-state index in [2.05, 4.69) is 55.5 Å². The highest BCUT2D eigenvalue weighted by molar-refractivity contribution is 8.00. The number of rotatable bonds is 5. The fourth-order valence-corrected chi connectivity index (χ4v) is 3.66. The Labute approximate surface area is 117 Å². The highest BCUT2D eigenvalue weighted by Crippen LogP contribution is 2.30. The van der Waals surface area contributed by atoms with Gasteiger partial charge in [-0.25, -0.2) is 4.98 Å². The Kier molecular flexibility index (Phi) is 4.51. The van der Waals surface area contributed by atoms with E-state index in [1.165, 1.54) is 16.8 Å². The van der Waals surface area contributed by atoms with Gasteiger partial charge in [0.15, 0.2) is 4.34 Å². The standard InChI is InChI=1S/C14H20N2S2/c1-9(2)7-10(3)15-11-5-6-12-13(8-11)18-14(16-12)17-4/h5-6,8-10,15H,7H2,1-4H3. The molecule has 1 heterocycles. The second-order valence-corrected chi connectivity index (χ2v) is 7.13. The van der Waals surface area contributed by atoms with Crippen molar-refractivity contribution in [3.63, 3.8) is 0 Å². The number of nitrogens with zero attached hydrogens (tertiary/aromatic N) is 1. The van der Waals surface area contributed by atoms with E-state index in [1.807, 2.05) is 0 Å². The summed E-state index contributed by atoms with van der Waals surface area (Å²) in [6.07, 6.45) is 3.26. The second-order valence-electron chi connectivity index (χ2n) is 5.04. The average molecular weight is 280 g/mol. The minimum absolute atomic E-state index is 0.510. The molecule has 0 aliphatic heterocycles. The number of thiazole rings is 1. The summed E-state index contributed by atoms with van der Waals surface area (Å²) in [4.78, 5) is 4.55. The molecule has 98 valence electrons. The molecule has 0 aliphatic carbocycles. The summed E-state index contributed by atoms with van der Waals surface area (Å²) in [7, 11) is 0. The van der Waals surface area contributed by atoms with Gasteiger partial charge in [0.25, 0.3) is 0 Å². The predicted octanol–water partition coefficient (Wildman–Crippen LogP) is 4.86. The molecule has 0 aliphatic rings. The lowest BCUT2D eigenvalue weighted by Crippen LogP contribution is -2.17. The zero-order chi connectivity index (χ0) is 13.1. The Balaban J connectivity index is 2.14. The van der Waals surface area contributed by atoms with Crippen LogP contribution in [0, 0.1) is 5.92 Å². The van der Waals surface area contributed by atoms with Crippen LogP contribution in [0.5, 0.6) is 0 Å². The van der Waals surface area contributed by atoms with E-state index in [-0.39, 0.29) is 0 Å². The van der Waals surface area contributed by atoms with E-state index >= 15 is 0 Å². The molecule has 18 heavy (non-hydrogen) atoms. The van der Waals surface area contributed by atoms with Crippen LogP contribution in [0.4, 0.5) is 5.69 Å². The number of fused-ring (bicyclic) bond motifs is 1. The summed E-state index contributed by atoms with van der Waals surface area (Å²) in [6.45, 7) is 6.76. The van der Waals surface area contributed by atoms with Gasteiger partial charge in [-0.3, -0.25) is 0 Å². The van der Waals surface area contributed by atoms with E-state index in [9.17, 15) is 0 Å². The van der Waals surface area contributed by atoms with Gasteiger partial charge in [-0.05, 0) is 43.7 Å². The zero-order valence-corrected chi connectivity index (χ0v) is 13.0. The monoisotopic (exact) mass is 280 g/mol. The van der Waals surface area contributed by atoms with Crippen molar-refractivity contribution in [2.45, 2.75) is 37.6 Å².